The number of hydrogen-bond acceptors (Lipinski definition) is 3. The molecule has 0 unspecified atom stereocenters. The van der Waals surface area contributed by atoms with Crippen molar-refractivity contribution in [1.82, 2.24) is 9.55 Å². The highest BCUT2D eigenvalue weighted by Gasteiger charge is 2.30. The fourth-order valence-corrected chi connectivity index (χ4v) is 2.63. The van der Waals surface area contributed by atoms with E-state index in [4.69, 9.17) is 5.26 Å². The summed E-state index contributed by atoms with van der Waals surface area (Å²) in [6, 6.07) is 10.4. The third-order valence-electron chi connectivity index (χ3n) is 3.57. The average molecular weight is 261 g/mol. The molecule has 1 aromatic carbocycles. The number of nitrogens with one attached hydrogen (secondary N) is 1. The minimum absolute atomic E-state index is 0.142. The van der Waals surface area contributed by atoms with Gasteiger partial charge in [0.2, 0.25) is 5.43 Å². The molecule has 0 saturated carbocycles. The Morgan fingerprint density at radius 2 is 2.05 bits per heavy atom. The van der Waals surface area contributed by atoms with Gasteiger partial charge in [0.25, 0.3) is 5.91 Å². The van der Waals surface area contributed by atoms with Gasteiger partial charge in [-0.05, 0) is 30.3 Å². The Kier molecular flexibility index (Phi) is 1.86. The summed E-state index contributed by atoms with van der Waals surface area (Å²) >= 11 is 0. The maximum atomic E-state index is 12.5. The van der Waals surface area contributed by atoms with Gasteiger partial charge in [0.05, 0.1) is 23.0 Å². The van der Waals surface area contributed by atoms with E-state index in [1.165, 1.54) is 10.6 Å². The van der Waals surface area contributed by atoms with Crippen LogP contribution < -0.4 is 5.43 Å². The van der Waals surface area contributed by atoms with E-state index in [1.807, 2.05) is 6.07 Å². The highest BCUT2D eigenvalue weighted by Crippen LogP contribution is 2.30. The number of aromatic amines is 1. The first kappa shape index (κ1) is 10.8. The molecule has 4 rings (SSSR count). The van der Waals surface area contributed by atoms with E-state index in [0.717, 1.165) is 0 Å². The molecule has 2 aromatic heterocycles. The van der Waals surface area contributed by atoms with E-state index in [9.17, 15) is 9.59 Å². The number of nitriles is 1. The minimum Gasteiger partial charge on any atom is -0.352 e. The Bertz CT molecular complexity index is 1000. The Labute approximate surface area is 112 Å². The first-order valence-corrected chi connectivity index (χ1v) is 6.03. The number of benzene rings is 1. The third kappa shape index (κ3) is 1.15. The van der Waals surface area contributed by atoms with Crippen molar-refractivity contribution in [3.05, 3.63) is 57.9 Å². The lowest BCUT2D eigenvalue weighted by Gasteiger charge is -2.02. The lowest BCUT2D eigenvalue weighted by molar-refractivity contribution is 0.0968. The fraction of sp³-hybridized carbons (Fsp3) is 0. The predicted octanol–water partition coefficient (Wildman–Crippen LogP) is 1.87. The molecular weight excluding hydrogens is 254 g/mol. The molecule has 0 spiro atoms. The van der Waals surface area contributed by atoms with Crippen LogP contribution in [0.1, 0.15) is 15.9 Å². The monoisotopic (exact) mass is 261 g/mol. The topological polar surface area (TPSA) is 78.7 Å². The second-order valence-corrected chi connectivity index (χ2v) is 4.64. The van der Waals surface area contributed by atoms with Gasteiger partial charge in [0, 0.05) is 17.1 Å². The molecule has 0 radical (unpaired) electrons. The molecule has 94 valence electrons. The molecule has 0 fully saturated rings. The molecule has 0 aliphatic carbocycles. The molecule has 3 aromatic rings. The van der Waals surface area contributed by atoms with E-state index < -0.39 is 0 Å². The van der Waals surface area contributed by atoms with E-state index in [2.05, 4.69) is 4.98 Å². The number of carbonyl (C=O) groups is 1. The van der Waals surface area contributed by atoms with Gasteiger partial charge in [-0.2, -0.15) is 5.26 Å². The van der Waals surface area contributed by atoms with Crippen molar-refractivity contribution in [1.29, 1.82) is 5.26 Å². The number of carbonyl (C=O) groups excluding carboxylic acids is 1. The maximum Gasteiger partial charge on any atom is 0.268 e. The Morgan fingerprint density at radius 1 is 1.20 bits per heavy atom. The van der Waals surface area contributed by atoms with Crippen LogP contribution in [0.25, 0.3) is 22.3 Å². The molecule has 0 atom stereocenters. The van der Waals surface area contributed by atoms with Gasteiger partial charge in [-0.1, -0.05) is 0 Å². The molecule has 0 amide bonds. The number of pyridine rings is 1. The van der Waals surface area contributed by atoms with Crippen LogP contribution in [0, 0.1) is 11.3 Å². The smallest absolute Gasteiger partial charge is 0.268 e. The van der Waals surface area contributed by atoms with Crippen molar-refractivity contribution in [2.75, 3.05) is 0 Å². The average Bonchev–Trinajstić information content (AvgIpc) is 3.03. The maximum absolute atomic E-state index is 12.5. The van der Waals surface area contributed by atoms with Crippen LogP contribution in [0.15, 0.2) is 41.3 Å². The summed E-state index contributed by atoms with van der Waals surface area (Å²) in [6.07, 6.45) is 1.64. The Hall–Kier alpha value is -3.13. The van der Waals surface area contributed by atoms with Crippen LogP contribution in [-0.4, -0.2) is 15.5 Å². The first-order chi connectivity index (χ1) is 9.70. The zero-order valence-corrected chi connectivity index (χ0v) is 10.2. The van der Waals surface area contributed by atoms with Crippen LogP contribution in [-0.2, 0) is 0 Å². The normalized spacial score (nSPS) is 12.2. The number of hydrogen-bond donors (Lipinski definition) is 1. The summed E-state index contributed by atoms with van der Waals surface area (Å²) in [5.41, 5.74) is 2.06. The van der Waals surface area contributed by atoms with Crippen LogP contribution in [0.2, 0.25) is 0 Å². The van der Waals surface area contributed by atoms with Gasteiger partial charge in [-0.15, -0.1) is 0 Å². The van der Waals surface area contributed by atoms with Crippen LogP contribution in [0.5, 0.6) is 0 Å². The lowest BCUT2D eigenvalue weighted by Crippen LogP contribution is -2.17. The van der Waals surface area contributed by atoms with E-state index in [0.29, 0.717) is 27.9 Å². The third-order valence-corrected chi connectivity index (χ3v) is 3.57. The van der Waals surface area contributed by atoms with Crippen molar-refractivity contribution in [3.8, 4) is 17.5 Å². The van der Waals surface area contributed by atoms with Crippen LogP contribution in [0.4, 0.5) is 0 Å². The first-order valence-electron chi connectivity index (χ1n) is 6.03. The molecule has 1 aliphatic heterocycles. The van der Waals surface area contributed by atoms with Gasteiger partial charge in [-0.3, -0.25) is 14.2 Å². The molecule has 3 heterocycles. The van der Waals surface area contributed by atoms with Gasteiger partial charge >= 0.3 is 0 Å². The zero-order chi connectivity index (χ0) is 13.9. The summed E-state index contributed by atoms with van der Waals surface area (Å²) in [7, 11) is 0. The second-order valence-electron chi connectivity index (χ2n) is 4.64. The number of aromatic nitrogens is 2. The highest BCUT2D eigenvalue weighted by molar-refractivity contribution is 6.10. The Balaban J connectivity index is 2.18. The summed E-state index contributed by atoms with van der Waals surface area (Å²) in [4.78, 5) is 27.9. The van der Waals surface area contributed by atoms with E-state index >= 15 is 0 Å². The largest absolute Gasteiger partial charge is 0.352 e. The van der Waals surface area contributed by atoms with Gasteiger partial charge in [0.15, 0.2) is 0 Å². The van der Waals surface area contributed by atoms with Crippen molar-refractivity contribution >= 4 is 16.8 Å². The van der Waals surface area contributed by atoms with Crippen molar-refractivity contribution < 1.29 is 4.79 Å². The van der Waals surface area contributed by atoms with Crippen LogP contribution >= 0.6 is 0 Å². The van der Waals surface area contributed by atoms with Gasteiger partial charge < -0.3 is 4.98 Å². The molecule has 1 aliphatic rings. The molecular formula is C15H7N3O2. The molecule has 1 N–H and O–H groups in total. The van der Waals surface area contributed by atoms with Crippen molar-refractivity contribution in [2.45, 2.75) is 0 Å². The van der Waals surface area contributed by atoms with Crippen molar-refractivity contribution in [2.24, 2.45) is 0 Å². The Morgan fingerprint density at radius 3 is 2.85 bits per heavy atom. The van der Waals surface area contributed by atoms with Crippen LogP contribution in [0.3, 0.4) is 0 Å². The summed E-state index contributed by atoms with van der Waals surface area (Å²) in [5.74, 6) is -0.328. The second kappa shape index (κ2) is 3.45. The quantitative estimate of drug-likeness (QED) is 0.524. The van der Waals surface area contributed by atoms with Crippen molar-refractivity contribution in [3.63, 3.8) is 0 Å². The fourth-order valence-electron chi connectivity index (χ4n) is 2.63. The summed E-state index contributed by atoms with van der Waals surface area (Å²) in [6.45, 7) is 0. The van der Waals surface area contributed by atoms with Gasteiger partial charge in [-0.25, -0.2) is 0 Å². The molecule has 20 heavy (non-hydrogen) atoms. The molecule has 0 bridgehead atoms. The molecule has 0 saturated heterocycles. The molecule has 5 heteroatoms. The standard InChI is InChI=1S/C15H7N3O2/c16-7-8-3-4-10-9(6-8)14(19)12-13(17-10)11-2-1-5-18(11)15(12)20/h1-6H,(H,17,19). The minimum atomic E-state index is -0.334. The van der Waals surface area contributed by atoms with E-state index in [1.54, 1.807) is 30.5 Å². The summed E-state index contributed by atoms with van der Waals surface area (Å²) < 4.78 is 1.45. The predicted molar refractivity (Wildman–Crippen MR) is 72.4 cm³/mol. The summed E-state index contributed by atoms with van der Waals surface area (Å²) in [5, 5.41) is 9.27. The highest BCUT2D eigenvalue weighted by atomic mass is 16.2. The number of H-pyrrole nitrogens is 1. The number of rotatable bonds is 0. The zero-order valence-electron chi connectivity index (χ0n) is 10.2. The molecule has 5 nitrogen and oxygen atoms in total. The number of fused-ring (bicyclic) bond motifs is 4. The SMILES string of the molecule is N#Cc1ccc2[nH]c3c(c(=O)c2c1)C(=O)n1cccc1-3. The van der Waals surface area contributed by atoms with E-state index in [-0.39, 0.29) is 16.9 Å². The van der Waals surface area contributed by atoms with Gasteiger partial charge in [0.1, 0.15) is 5.56 Å². The number of nitrogens with zero attached hydrogens (tertiary/aromatic N) is 2. The lowest BCUT2D eigenvalue weighted by atomic mass is 10.1.